The number of benzene rings is 1. The van der Waals surface area contributed by atoms with Gasteiger partial charge in [0, 0.05) is 6.07 Å². The lowest BCUT2D eigenvalue weighted by molar-refractivity contribution is -0.384. The van der Waals surface area contributed by atoms with Crippen LogP contribution in [0.15, 0.2) is 18.2 Å². The van der Waals surface area contributed by atoms with Crippen LogP contribution in [0.25, 0.3) is 0 Å². The van der Waals surface area contributed by atoms with Gasteiger partial charge in [0.05, 0.1) is 11.0 Å². The number of hydrogen-bond donors (Lipinski definition) is 1. The molecule has 0 fully saturated rings. The van der Waals surface area contributed by atoms with Crippen molar-refractivity contribution in [3.63, 3.8) is 0 Å². The number of nitro groups is 1. The quantitative estimate of drug-likeness (QED) is 0.480. The van der Waals surface area contributed by atoms with Gasteiger partial charge in [0.1, 0.15) is 5.69 Å². The summed E-state index contributed by atoms with van der Waals surface area (Å²) in [6, 6.07) is 4.77. The first-order chi connectivity index (χ1) is 7.60. The van der Waals surface area contributed by atoms with E-state index in [1.165, 1.54) is 6.07 Å². The molecule has 0 aliphatic carbocycles. The monoisotopic (exact) mass is 218 g/mol. The largest absolute Gasteiger partial charge is 0.366 e. The van der Waals surface area contributed by atoms with Gasteiger partial charge in [-0.25, -0.2) is 0 Å². The zero-order valence-corrected chi connectivity index (χ0v) is 9.36. The highest BCUT2D eigenvalue weighted by atomic mass is 16.6. The van der Waals surface area contributed by atoms with Crippen LogP contribution in [0.4, 0.5) is 11.4 Å². The molecule has 0 aliphatic rings. The fourth-order valence-corrected chi connectivity index (χ4v) is 1.43. The van der Waals surface area contributed by atoms with E-state index in [-0.39, 0.29) is 11.7 Å². The van der Waals surface area contributed by atoms with E-state index in [4.69, 9.17) is 6.42 Å². The van der Waals surface area contributed by atoms with Crippen molar-refractivity contribution in [2.75, 3.05) is 5.32 Å². The molecule has 1 N–H and O–H groups in total. The number of nitrogens with one attached hydrogen (secondary N) is 1. The molecule has 4 nitrogen and oxygen atoms in total. The zero-order valence-electron chi connectivity index (χ0n) is 9.36. The second kappa shape index (κ2) is 5.17. The van der Waals surface area contributed by atoms with Crippen molar-refractivity contribution in [3.05, 3.63) is 33.9 Å². The Morgan fingerprint density at radius 3 is 2.81 bits per heavy atom. The predicted molar refractivity (Wildman–Crippen MR) is 64.4 cm³/mol. The number of para-hydroxylation sites is 1. The molecule has 1 rings (SSSR count). The maximum absolute atomic E-state index is 10.8. The van der Waals surface area contributed by atoms with Crippen molar-refractivity contribution in [1.29, 1.82) is 0 Å². The van der Waals surface area contributed by atoms with Crippen LogP contribution in [0.3, 0.4) is 0 Å². The normalized spacial score (nSPS) is 11.6. The van der Waals surface area contributed by atoms with Gasteiger partial charge in [0.2, 0.25) is 0 Å². The summed E-state index contributed by atoms with van der Waals surface area (Å²) in [7, 11) is 0. The summed E-state index contributed by atoms with van der Waals surface area (Å²) in [6.07, 6.45) is 6.05. The molecule has 84 valence electrons. The van der Waals surface area contributed by atoms with Gasteiger partial charge in [-0.15, -0.1) is 6.42 Å². The maximum atomic E-state index is 10.8. The Kier molecular flexibility index (Phi) is 3.90. The summed E-state index contributed by atoms with van der Waals surface area (Å²) >= 11 is 0. The summed E-state index contributed by atoms with van der Waals surface area (Å²) in [5.74, 6) is 2.56. The fourth-order valence-electron chi connectivity index (χ4n) is 1.43. The van der Waals surface area contributed by atoms with Gasteiger partial charge in [-0.05, 0) is 18.9 Å². The van der Waals surface area contributed by atoms with Crippen LogP contribution in [0.5, 0.6) is 0 Å². The summed E-state index contributed by atoms with van der Waals surface area (Å²) in [4.78, 5) is 10.4. The van der Waals surface area contributed by atoms with E-state index < -0.39 is 4.92 Å². The minimum absolute atomic E-state index is 0.0636. The van der Waals surface area contributed by atoms with Crippen molar-refractivity contribution in [3.8, 4) is 12.3 Å². The molecular weight excluding hydrogens is 204 g/mol. The molecule has 1 atom stereocenters. The molecule has 0 radical (unpaired) electrons. The van der Waals surface area contributed by atoms with Crippen molar-refractivity contribution >= 4 is 11.4 Å². The summed E-state index contributed by atoms with van der Waals surface area (Å²) < 4.78 is 0. The van der Waals surface area contributed by atoms with E-state index in [2.05, 4.69) is 11.2 Å². The summed E-state index contributed by atoms with van der Waals surface area (Å²) in [6.45, 7) is 3.75. The minimum atomic E-state index is -0.404. The molecule has 0 spiro atoms. The van der Waals surface area contributed by atoms with E-state index in [0.717, 1.165) is 12.0 Å². The molecule has 1 aromatic carbocycles. The van der Waals surface area contributed by atoms with Crippen LogP contribution in [-0.4, -0.2) is 11.0 Å². The molecule has 4 heteroatoms. The van der Waals surface area contributed by atoms with Crippen molar-refractivity contribution in [1.82, 2.24) is 0 Å². The highest BCUT2D eigenvalue weighted by molar-refractivity contribution is 5.66. The average Bonchev–Trinajstić information content (AvgIpc) is 2.27. The Balaban J connectivity index is 3.11. The molecule has 16 heavy (non-hydrogen) atoms. The number of aryl methyl sites for hydroxylation is 1. The first kappa shape index (κ1) is 12.1. The number of anilines is 1. The molecule has 0 saturated carbocycles. The van der Waals surface area contributed by atoms with Crippen LogP contribution in [0, 0.1) is 29.4 Å². The van der Waals surface area contributed by atoms with E-state index in [9.17, 15) is 10.1 Å². The lowest BCUT2D eigenvalue weighted by Crippen LogP contribution is -2.17. The average molecular weight is 218 g/mol. The van der Waals surface area contributed by atoms with E-state index in [1.807, 2.05) is 19.9 Å². The number of nitro benzene ring substituents is 1. The van der Waals surface area contributed by atoms with Gasteiger partial charge in [-0.3, -0.25) is 10.1 Å². The Morgan fingerprint density at radius 1 is 1.62 bits per heavy atom. The van der Waals surface area contributed by atoms with Crippen LogP contribution >= 0.6 is 0 Å². The zero-order chi connectivity index (χ0) is 12.1. The van der Waals surface area contributed by atoms with Gasteiger partial charge in [-0.2, -0.15) is 0 Å². The first-order valence-corrected chi connectivity index (χ1v) is 5.06. The van der Waals surface area contributed by atoms with Crippen LogP contribution in [0.2, 0.25) is 0 Å². The molecule has 0 aliphatic heterocycles. The van der Waals surface area contributed by atoms with Crippen LogP contribution in [0.1, 0.15) is 18.9 Å². The molecule has 0 amide bonds. The van der Waals surface area contributed by atoms with E-state index in [0.29, 0.717) is 5.69 Å². The summed E-state index contributed by atoms with van der Waals surface area (Å²) in [5.41, 5.74) is 1.40. The lowest BCUT2D eigenvalue weighted by atomic mass is 10.1. The smallest absolute Gasteiger partial charge is 0.292 e. The Hall–Kier alpha value is -2.02. The van der Waals surface area contributed by atoms with Gasteiger partial charge in [0.25, 0.3) is 5.69 Å². The van der Waals surface area contributed by atoms with Crippen molar-refractivity contribution < 1.29 is 4.92 Å². The minimum Gasteiger partial charge on any atom is -0.366 e. The molecule has 1 aromatic rings. The maximum Gasteiger partial charge on any atom is 0.292 e. The summed E-state index contributed by atoms with van der Waals surface area (Å²) in [5, 5.41) is 13.9. The predicted octanol–water partition coefficient (Wildman–Crippen LogP) is 2.73. The lowest BCUT2D eigenvalue weighted by Gasteiger charge is -2.14. The third kappa shape index (κ3) is 2.51. The molecule has 1 unspecified atom stereocenters. The number of nitrogens with zero attached hydrogens (tertiary/aromatic N) is 1. The van der Waals surface area contributed by atoms with Gasteiger partial charge in [0.15, 0.2) is 0 Å². The van der Waals surface area contributed by atoms with Crippen molar-refractivity contribution in [2.24, 2.45) is 0 Å². The number of hydrogen-bond acceptors (Lipinski definition) is 3. The number of rotatable bonds is 4. The molecular formula is C12H14N2O2. The SMILES string of the molecule is C#CC(CC)Nc1c(C)cccc1[N+](=O)[O-]. The third-order valence-corrected chi connectivity index (χ3v) is 2.38. The second-order valence-corrected chi connectivity index (χ2v) is 3.50. The molecule has 0 aromatic heterocycles. The van der Waals surface area contributed by atoms with Gasteiger partial charge in [-0.1, -0.05) is 25.0 Å². The van der Waals surface area contributed by atoms with Gasteiger partial charge < -0.3 is 5.32 Å². The molecule has 0 bridgehead atoms. The standard InChI is InChI=1S/C12H14N2O2/c1-4-10(5-2)13-12-9(3)7-6-8-11(12)14(15)16/h1,6-8,10,13H,5H2,2-3H3. The molecule has 0 saturated heterocycles. The highest BCUT2D eigenvalue weighted by Gasteiger charge is 2.16. The highest BCUT2D eigenvalue weighted by Crippen LogP contribution is 2.28. The fraction of sp³-hybridized carbons (Fsp3) is 0.333. The Morgan fingerprint density at radius 2 is 2.31 bits per heavy atom. The van der Waals surface area contributed by atoms with E-state index >= 15 is 0 Å². The second-order valence-electron chi connectivity index (χ2n) is 3.50. The Labute approximate surface area is 94.8 Å². The molecule has 0 heterocycles. The van der Waals surface area contributed by atoms with E-state index in [1.54, 1.807) is 6.07 Å². The topological polar surface area (TPSA) is 55.2 Å². The van der Waals surface area contributed by atoms with Gasteiger partial charge >= 0.3 is 0 Å². The Bertz CT molecular complexity index is 435. The van der Waals surface area contributed by atoms with Crippen LogP contribution < -0.4 is 5.32 Å². The van der Waals surface area contributed by atoms with Crippen LogP contribution in [-0.2, 0) is 0 Å². The number of terminal acetylenes is 1. The first-order valence-electron chi connectivity index (χ1n) is 5.06. The third-order valence-electron chi connectivity index (χ3n) is 2.38. The van der Waals surface area contributed by atoms with Crippen molar-refractivity contribution in [2.45, 2.75) is 26.3 Å².